The van der Waals surface area contributed by atoms with Crippen molar-refractivity contribution >= 4 is 35.0 Å². The van der Waals surface area contributed by atoms with E-state index in [1.54, 1.807) is 0 Å². The van der Waals surface area contributed by atoms with Crippen molar-refractivity contribution in [2.45, 2.75) is 13.8 Å². The molecule has 1 aromatic carbocycles. The molecule has 21 heavy (non-hydrogen) atoms. The molecule has 0 aromatic heterocycles. The van der Waals surface area contributed by atoms with Crippen molar-refractivity contribution in [3.63, 3.8) is 0 Å². The summed E-state index contributed by atoms with van der Waals surface area (Å²) in [4.78, 5) is 23.2. The molecule has 0 atom stereocenters. The largest absolute Gasteiger partial charge is 0.491 e. The van der Waals surface area contributed by atoms with Gasteiger partial charge in [0, 0.05) is 11.1 Å². The molecule has 0 saturated carbocycles. The van der Waals surface area contributed by atoms with E-state index >= 15 is 0 Å². The average molecular weight is 331 g/mol. The fourth-order valence-electron chi connectivity index (χ4n) is 1.44. The quantitative estimate of drug-likeness (QED) is 0.450. The van der Waals surface area contributed by atoms with Crippen LogP contribution in [0.4, 0.5) is 0 Å². The highest BCUT2D eigenvalue weighted by molar-refractivity contribution is 6.36. The van der Waals surface area contributed by atoms with Crippen molar-refractivity contribution in [2.75, 3.05) is 13.7 Å². The second-order valence-corrected chi connectivity index (χ2v) is 5.53. The summed E-state index contributed by atoms with van der Waals surface area (Å²) in [6, 6.07) is 2.95. The summed E-state index contributed by atoms with van der Waals surface area (Å²) in [7, 11) is 1.23. The summed E-state index contributed by atoms with van der Waals surface area (Å²) in [6.45, 7) is 4.35. The predicted molar refractivity (Wildman–Crippen MR) is 82.3 cm³/mol. The van der Waals surface area contributed by atoms with Gasteiger partial charge < -0.3 is 9.47 Å². The molecule has 1 aromatic rings. The van der Waals surface area contributed by atoms with Gasteiger partial charge in [0.25, 0.3) is 0 Å². The topological polar surface area (TPSA) is 52.6 Å². The van der Waals surface area contributed by atoms with Crippen molar-refractivity contribution in [3.05, 3.63) is 39.9 Å². The third-order valence-corrected chi connectivity index (χ3v) is 2.91. The number of benzene rings is 1. The number of ether oxygens (including phenoxy) is 2. The minimum absolute atomic E-state index is 0.202. The lowest BCUT2D eigenvalue weighted by Crippen LogP contribution is -2.09. The Morgan fingerprint density at radius 3 is 2.48 bits per heavy atom. The maximum absolute atomic E-state index is 12.1. The Balaban J connectivity index is 3.11. The summed E-state index contributed by atoms with van der Waals surface area (Å²) in [6.07, 6.45) is 2.12. The molecule has 0 fully saturated rings. The van der Waals surface area contributed by atoms with E-state index in [0.29, 0.717) is 11.6 Å². The molecule has 0 radical (unpaired) electrons. The van der Waals surface area contributed by atoms with Gasteiger partial charge >= 0.3 is 5.97 Å². The molecule has 4 nitrogen and oxygen atoms in total. The average Bonchev–Trinajstić information content (AvgIpc) is 2.42. The van der Waals surface area contributed by atoms with E-state index in [0.717, 1.165) is 12.2 Å². The van der Waals surface area contributed by atoms with E-state index in [-0.39, 0.29) is 22.3 Å². The number of halogens is 2. The van der Waals surface area contributed by atoms with E-state index in [4.69, 9.17) is 27.9 Å². The lowest BCUT2D eigenvalue weighted by molar-refractivity contribution is -0.134. The van der Waals surface area contributed by atoms with Crippen LogP contribution in [0.3, 0.4) is 0 Å². The number of allylic oxidation sites excluding steroid dienone is 1. The highest BCUT2D eigenvalue weighted by Gasteiger charge is 2.16. The fraction of sp³-hybridized carbons (Fsp3) is 0.333. The Bertz CT molecular complexity index is 565. The SMILES string of the molecule is COC(=O)/C=C/C(=O)c1cc(Cl)cc(Cl)c1OCC(C)C. The fourth-order valence-corrected chi connectivity index (χ4v) is 1.99. The lowest BCUT2D eigenvalue weighted by Gasteiger charge is -2.13. The van der Waals surface area contributed by atoms with Crippen molar-refractivity contribution in [1.29, 1.82) is 0 Å². The molecular weight excluding hydrogens is 315 g/mol. The van der Waals surface area contributed by atoms with E-state index in [1.165, 1.54) is 19.2 Å². The number of esters is 1. The first-order valence-electron chi connectivity index (χ1n) is 6.27. The standard InChI is InChI=1S/C15H16Cl2O4/c1-9(2)8-21-15-11(6-10(16)7-12(15)17)13(18)4-5-14(19)20-3/h4-7,9H,8H2,1-3H3/b5-4+. The van der Waals surface area contributed by atoms with Crippen LogP contribution in [-0.2, 0) is 9.53 Å². The summed E-state index contributed by atoms with van der Waals surface area (Å²) >= 11 is 12.0. The van der Waals surface area contributed by atoms with Crippen LogP contribution in [-0.4, -0.2) is 25.5 Å². The van der Waals surface area contributed by atoms with E-state index in [9.17, 15) is 9.59 Å². The van der Waals surface area contributed by atoms with Crippen LogP contribution in [0.1, 0.15) is 24.2 Å². The number of hydrogen-bond acceptors (Lipinski definition) is 4. The Kier molecular flexibility index (Phi) is 6.72. The molecular formula is C15H16Cl2O4. The molecule has 0 heterocycles. The van der Waals surface area contributed by atoms with Crippen LogP contribution in [0, 0.1) is 5.92 Å². The molecule has 1 rings (SSSR count). The van der Waals surface area contributed by atoms with Crippen molar-refractivity contribution in [2.24, 2.45) is 5.92 Å². The van der Waals surface area contributed by atoms with Gasteiger partial charge in [-0.3, -0.25) is 4.79 Å². The van der Waals surface area contributed by atoms with Gasteiger partial charge in [0.2, 0.25) is 0 Å². The molecule has 0 aliphatic carbocycles. The van der Waals surface area contributed by atoms with Crippen molar-refractivity contribution in [1.82, 2.24) is 0 Å². The molecule has 6 heteroatoms. The molecule has 114 valence electrons. The normalized spacial score (nSPS) is 11.0. The Hall–Kier alpha value is -1.52. The van der Waals surface area contributed by atoms with Crippen molar-refractivity contribution in [3.8, 4) is 5.75 Å². The highest BCUT2D eigenvalue weighted by Crippen LogP contribution is 2.33. The smallest absolute Gasteiger partial charge is 0.330 e. The molecule has 0 bridgehead atoms. The number of ketones is 1. The first-order chi connectivity index (χ1) is 9.85. The molecule has 0 aliphatic rings. The molecule has 0 aliphatic heterocycles. The number of methoxy groups -OCH3 is 1. The molecule has 0 amide bonds. The minimum Gasteiger partial charge on any atom is -0.491 e. The van der Waals surface area contributed by atoms with Gasteiger partial charge in [0.1, 0.15) is 5.75 Å². The molecule has 0 spiro atoms. The number of hydrogen-bond donors (Lipinski definition) is 0. The van der Waals surface area contributed by atoms with Crippen LogP contribution in [0.15, 0.2) is 24.3 Å². The van der Waals surface area contributed by atoms with Crippen molar-refractivity contribution < 1.29 is 19.1 Å². The van der Waals surface area contributed by atoms with Gasteiger partial charge in [-0.2, -0.15) is 0 Å². The van der Waals surface area contributed by atoms with Gasteiger partial charge in [-0.25, -0.2) is 4.79 Å². The van der Waals surface area contributed by atoms with Gasteiger partial charge in [0.15, 0.2) is 5.78 Å². The first kappa shape index (κ1) is 17.5. The van der Waals surface area contributed by atoms with Gasteiger partial charge in [-0.1, -0.05) is 37.0 Å². The summed E-state index contributed by atoms with van der Waals surface area (Å²) in [5, 5.41) is 0.560. The third kappa shape index (κ3) is 5.40. The zero-order chi connectivity index (χ0) is 16.0. The monoisotopic (exact) mass is 330 g/mol. The number of rotatable bonds is 6. The summed E-state index contributed by atoms with van der Waals surface area (Å²) in [5.41, 5.74) is 0.202. The van der Waals surface area contributed by atoms with Crippen LogP contribution in [0.2, 0.25) is 10.0 Å². The van der Waals surface area contributed by atoms with Gasteiger partial charge in [-0.05, 0) is 24.1 Å². The summed E-state index contributed by atoms with van der Waals surface area (Å²) < 4.78 is 10.0. The summed E-state index contributed by atoms with van der Waals surface area (Å²) in [5.74, 6) is -0.538. The first-order valence-corrected chi connectivity index (χ1v) is 7.03. The maximum Gasteiger partial charge on any atom is 0.330 e. The molecule has 0 unspecified atom stereocenters. The number of carbonyl (C=O) groups excluding carboxylic acids is 2. The third-order valence-electron chi connectivity index (χ3n) is 2.41. The second-order valence-electron chi connectivity index (χ2n) is 4.69. The van der Waals surface area contributed by atoms with Crippen LogP contribution in [0.5, 0.6) is 5.75 Å². The van der Waals surface area contributed by atoms with Crippen LogP contribution >= 0.6 is 23.2 Å². The Labute approximate surface area is 133 Å². The lowest BCUT2D eigenvalue weighted by atomic mass is 10.1. The number of carbonyl (C=O) groups is 2. The Morgan fingerprint density at radius 2 is 1.90 bits per heavy atom. The van der Waals surface area contributed by atoms with Crippen LogP contribution < -0.4 is 4.74 Å². The highest BCUT2D eigenvalue weighted by atomic mass is 35.5. The zero-order valence-electron chi connectivity index (χ0n) is 12.0. The minimum atomic E-state index is -0.624. The zero-order valence-corrected chi connectivity index (χ0v) is 13.5. The van der Waals surface area contributed by atoms with E-state index in [1.807, 2.05) is 13.8 Å². The van der Waals surface area contributed by atoms with E-state index in [2.05, 4.69) is 4.74 Å². The molecule has 0 N–H and O–H groups in total. The van der Waals surface area contributed by atoms with Crippen LogP contribution in [0.25, 0.3) is 0 Å². The predicted octanol–water partition coefficient (Wildman–Crippen LogP) is 3.94. The second kappa shape index (κ2) is 8.05. The molecule has 0 saturated heterocycles. The van der Waals surface area contributed by atoms with Gasteiger partial charge in [0.05, 0.1) is 24.3 Å². The van der Waals surface area contributed by atoms with E-state index < -0.39 is 11.8 Å². The Morgan fingerprint density at radius 1 is 1.24 bits per heavy atom. The maximum atomic E-state index is 12.1. The van der Waals surface area contributed by atoms with Gasteiger partial charge in [-0.15, -0.1) is 0 Å².